The lowest BCUT2D eigenvalue weighted by atomic mass is 10.3. The van der Waals surface area contributed by atoms with Crippen LogP contribution >= 0.6 is 0 Å². The predicted molar refractivity (Wildman–Crippen MR) is 55.2 cm³/mol. The Balaban J connectivity index is 2.44. The molecule has 15 heavy (non-hydrogen) atoms. The van der Waals surface area contributed by atoms with Crippen molar-refractivity contribution in [1.29, 1.82) is 0 Å². The number of rotatable bonds is 4. The molecule has 84 valence electrons. The third-order valence-corrected chi connectivity index (χ3v) is 2.37. The summed E-state index contributed by atoms with van der Waals surface area (Å²) in [6.45, 7) is 5.80. The number of hydrogen-bond acceptors (Lipinski definition) is 3. The van der Waals surface area contributed by atoms with Gasteiger partial charge in [-0.15, -0.1) is 0 Å². The van der Waals surface area contributed by atoms with E-state index in [9.17, 15) is 9.59 Å². The summed E-state index contributed by atoms with van der Waals surface area (Å²) in [5, 5.41) is 0. The van der Waals surface area contributed by atoms with E-state index in [0.717, 1.165) is 0 Å². The highest BCUT2D eigenvalue weighted by Gasteiger charge is 2.25. The minimum Gasteiger partial charge on any atom is -0.383 e. The fourth-order valence-electron chi connectivity index (χ4n) is 1.46. The van der Waals surface area contributed by atoms with Gasteiger partial charge in [-0.05, 0) is 6.08 Å². The summed E-state index contributed by atoms with van der Waals surface area (Å²) < 4.78 is 4.90. The van der Waals surface area contributed by atoms with Crippen LogP contribution in [0, 0.1) is 0 Å². The molecule has 0 aliphatic carbocycles. The molecule has 1 heterocycles. The molecule has 1 rings (SSSR count). The minimum absolute atomic E-state index is 0.0338. The van der Waals surface area contributed by atoms with Crippen LogP contribution in [-0.4, -0.2) is 61.5 Å². The second-order valence-electron chi connectivity index (χ2n) is 3.34. The average molecular weight is 212 g/mol. The summed E-state index contributed by atoms with van der Waals surface area (Å²) in [4.78, 5) is 26.0. The molecule has 0 bridgehead atoms. The second-order valence-corrected chi connectivity index (χ2v) is 3.34. The molecule has 0 radical (unpaired) electrons. The van der Waals surface area contributed by atoms with E-state index in [1.165, 1.54) is 11.0 Å². The Labute approximate surface area is 89.3 Å². The van der Waals surface area contributed by atoms with Crippen LogP contribution in [0.25, 0.3) is 0 Å². The van der Waals surface area contributed by atoms with Gasteiger partial charge in [-0.25, -0.2) is 0 Å². The van der Waals surface area contributed by atoms with Gasteiger partial charge in [0.1, 0.15) is 6.54 Å². The maximum atomic E-state index is 11.6. The molecule has 0 aromatic carbocycles. The van der Waals surface area contributed by atoms with Crippen LogP contribution in [0.5, 0.6) is 0 Å². The summed E-state index contributed by atoms with van der Waals surface area (Å²) in [6, 6.07) is 0. The van der Waals surface area contributed by atoms with E-state index in [1.54, 1.807) is 12.0 Å². The van der Waals surface area contributed by atoms with E-state index in [4.69, 9.17) is 4.74 Å². The van der Waals surface area contributed by atoms with Gasteiger partial charge in [0.15, 0.2) is 0 Å². The number of ether oxygens (including phenoxy) is 1. The van der Waals surface area contributed by atoms with Crippen molar-refractivity contribution in [2.75, 3.05) is 39.9 Å². The van der Waals surface area contributed by atoms with Crippen molar-refractivity contribution in [2.45, 2.75) is 0 Å². The van der Waals surface area contributed by atoms with E-state index in [-0.39, 0.29) is 18.4 Å². The van der Waals surface area contributed by atoms with Crippen LogP contribution in [-0.2, 0) is 14.3 Å². The van der Waals surface area contributed by atoms with Gasteiger partial charge < -0.3 is 14.5 Å². The van der Waals surface area contributed by atoms with Crippen LogP contribution in [0.3, 0.4) is 0 Å². The maximum Gasteiger partial charge on any atom is 0.246 e. The first-order chi connectivity index (χ1) is 7.19. The Morgan fingerprint density at radius 2 is 2.33 bits per heavy atom. The minimum atomic E-state index is -0.185. The normalized spacial score (nSPS) is 16.7. The standard InChI is InChI=1S/C10H16N2O3/c1-3-9(13)12-5-4-11(6-7-15-2)10(14)8-12/h3H,1,4-8H2,2H3. The van der Waals surface area contributed by atoms with Gasteiger partial charge in [-0.3, -0.25) is 9.59 Å². The van der Waals surface area contributed by atoms with Gasteiger partial charge in [0.25, 0.3) is 0 Å². The van der Waals surface area contributed by atoms with Crippen LogP contribution in [0.4, 0.5) is 0 Å². The molecule has 5 heteroatoms. The third kappa shape index (κ3) is 3.06. The molecule has 2 amide bonds. The Hall–Kier alpha value is -1.36. The highest BCUT2D eigenvalue weighted by Crippen LogP contribution is 2.03. The number of hydrogen-bond donors (Lipinski definition) is 0. The average Bonchev–Trinajstić information content (AvgIpc) is 2.26. The van der Waals surface area contributed by atoms with Crippen molar-refractivity contribution >= 4 is 11.8 Å². The van der Waals surface area contributed by atoms with Crippen LogP contribution in [0.15, 0.2) is 12.7 Å². The van der Waals surface area contributed by atoms with Gasteiger partial charge in [-0.1, -0.05) is 6.58 Å². The molecule has 0 aromatic heterocycles. The Bertz CT molecular complexity index is 265. The van der Waals surface area contributed by atoms with E-state index in [0.29, 0.717) is 26.2 Å². The van der Waals surface area contributed by atoms with E-state index in [2.05, 4.69) is 6.58 Å². The Kier molecular flexibility index (Phi) is 4.30. The summed E-state index contributed by atoms with van der Waals surface area (Å²) in [5.74, 6) is -0.219. The first kappa shape index (κ1) is 11.7. The zero-order valence-corrected chi connectivity index (χ0v) is 8.94. The second kappa shape index (κ2) is 5.50. The van der Waals surface area contributed by atoms with Gasteiger partial charge in [0.2, 0.25) is 11.8 Å². The van der Waals surface area contributed by atoms with Crippen LogP contribution < -0.4 is 0 Å². The summed E-state index contributed by atoms with van der Waals surface area (Å²) in [6.07, 6.45) is 1.23. The molecule has 5 nitrogen and oxygen atoms in total. The van der Waals surface area contributed by atoms with Gasteiger partial charge in [-0.2, -0.15) is 0 Å². The smallest absolute Gasteiger partial charge is 0.246 e. The molecule has 0 spiro atoms. The quantitative estimate of drug-likeness (QED) is 0.590. The highest BCUT2D eigenvalue weighted by atomic mass is 16.5. The number of amides is 2. The maximum absolute atomic E-state index is 11.6. The number of carbonyl (C=O) groups excluding carboxylic acids is 2. The van der Waals surface area contributed by atoms with Gasteiger partial charge >= 0.3 is 0 Å². The van der Waals surface area contributed by atoms with Crippen molar-refractivity contribution in [1.82, 2.24) is 9.80 Å². The third-order valence-electron chi connectivity index (χ3n) is 2.37. The summed E-state index contributed by atoms with van der Waals surface area (Å²) in [5.41, 5.74) is 0. The molecule has 1 fully saturated rings. The van der Waals surface area contributed by atoms with Gasteiger partial charge in [0, 0.05) is 26.7 Å². The molecule has 1 aliphatic heterocycles. The fourth-order valence-corrected chi connectivity index (χ4v) is 1.46. The number of nitrogens with zero attached hydrogens (tertiary/aromatic N) is 2. The molecule has 1 saturated heterocycles. The van der Waals surface area contributed by atoms with E-state index in [1.807, 2.05) is 0 Å². The lowest BCUT2D eigenvalue weighted by molar-refractivity contribution is -0.143. The molecular weight excluding hydrogens is 196 g/mol. The number of carbonyl (C=O) groups is 2. The molecule has 0 aromatic rings. The van der Waals surface area contributed by atoms with E-state index >= 15 is 0 Å². The first-order valence-electron chi connectivity index (χ1n) is 4.87. The van der Waals surface area contributed by atoms with Crippen molar-refractivity contribution < 1.29 is 14.3 Å². The molecule has 0 unspecified atom stereocenters. The van der Waals surface area contributed by atoms with Crippen LogP contribution in [0.2, 0.25) is 0 Å². The Morgan fingerprint density at radius 3 is 2.87 bits per heavy atom. The molecule has 0 N–H and O–H groups in total. The zero-order chi connectivity index (χ0) is 11.3. The molecular formula is C10H16N2O3. The highest BCUT2D eigenvalue weighted by molar-refractivity contribution is 5.91. The number of piperazine rings is 1. The topological polar surface area (TPSA) is 49.9 Å². The molecule has 0 saturated carbocycles. The van der Waals surface area contributed by atoms with E-state index < -0.39 is 0 Å². The van der Waals surface area contributed by atoms with Crippen molar-refractivity contribution in [3.8, 4) is 0 Å². The molecule has 1 aliphatic rings. The van der Waals surface area contributed by atoms with Crippen molar-refractivity contribution in [2.24, 2.45) is 0 Å². The van der Waals surface area contributed by atoms with Gasteiger partial charge in [0.05, 0.1) is 6.61 Å². The summed E-state index contributed by atoms with van der Waals surface area (Å²) in [7, 11) is 1.60. The summed E-state index contributed by atoms with van der Waals surface area (Å²) >= 11 is 0. The zero-order valence-electron chi connectivity index (χ0n) is 8.94. The Morgan fingerprint density at radius 1 is 1.60 bits per heavy atom. The number of methoxy groups -OCH3 is 1. The lowest BCUT2D eigenvalue weighted by Gasteiger charge is -2.33. The monoisotopic (exact) mass is 212 g/mol. The largest absolute Gasteiger partial charge is 0.383 e. The fraction of sp³-hybridized carbons (Fsp3) is 0.600. The van der Waals surface area contributed by atoms with Crippen molar-refractivity contribution in [3.05, 3.63) is 12.7 Å². The first-order valence-corrected chi connectivity index (χ1v) is 4.87. The van der Waals surface area contributed by atoms with Crippen LogP contribution in [0.1, 0.15) is 0 Å². The molecule has 0 atom stereocenters. The SMILES string of the molecule is C=CC(=O)N1CCN(CCOC)C(=O)C1. The van der Waals surface area contributed by atoms with Crippen molar-refractivity contribution in [3.63, 3.8) is 0 Å². The lowest BCUT2D eigenvalue weighted by Crippen LogP contribution is -2.52. The predicted octanol–water partition coefficient (Wildman–Crippen LogP) is -0.510.